The molecule has 0 saturated carbocycles. The van der Waals surface area contributed by atoms with Crippen LogP contribution in [0.4, 0.5) is 0 Å². The molecule has 1 aliphatic heterocycles. The Labute approximate surface area is 415 Å². The monoisotopic (exact) mass is 965 g/mol. The van der Waals surface area contributed by atoms with Crippen LogP contribution in [0.1, 0.15) is 175 Å². The maximum atomic E-state index is 13.1. The van der Waals surface area contributed by atoms with Gasteiger partial charge in [0.15, 0.2) is 24.6 Å². The molecule has 0 aromatic heterocycles. The van der Waals surface area contributed by atoms with E-state index in [0.717, 1.165) is 83.5 Å². The van der Waals surface area contributed by atoms with Gasteiger partial charge >= 0.3 is 23.9 Å². The number of esters is 3. The van der Waals surface area contributed by atoms with Crippen molar-refractivity contribution in [3.63, 3.8) is 0 Å². The summed E-state index contributed by atoms with van der Waals surface area (Å²) >= 11 is 0. The van der Waals surface area contributed by atoms with Gasteiger partial charge in [-0.2, -0.15) is 0 Å². The Morgan fingerprint density at radius 1 is 0.493 bits per heavy atom. The third kappa shape index (κ3) is 35.2. The van der Waals surface area contributed by atoms with E-state index in [2.05, 4.69) is 99.8 Å². The second kappa shape index (κ2) is 44.6. The van der Waals surface area contributed by atoms with Crippen molar-refractivity contribution in [2.45, 2.75) is 212 Å². The number of carbonyl (C=O) groups excluding carboxylic acids is 3. The second-order valence-electron chi connectivity index (χ2n) is 17.0. The highest BCUT2D eigenvalue weighted by Gasteiger charge is 2.50. The molecule has 69 heavy (non-hydrogen) atoms. The molecule has 0 radical (unpaired) electrons. The molecule has 1 fully saturated rings. The van der Waals surface area contributed by atoms with Gasteiger partial charge in [0.1, 0.15) is 18.8 Å². The number of hydrogen-bond acceptors (Lipinski definition) is 11. The Bertz CT molecular complexity index is 1620. The molecule has 6 atom stereocenters. The van der Waals surface area contributed by atoms with Crippen molar-refractivity contribution in [1.29, 1.82) is 0 Å². The first kappa shape index (κ1) is 62.4. The minimum absolute atomic E-state index is 0.0734. The third-order valence-corrected chi connectivity index (χ3v) is 10.8. The lowest BCUT2D eigenvalue weighted by atomic mass is 9.98. The molecule has 6 unspecified atom stereocenters. The third-order valence-electron chi connectivity index (χ3n) is 10.8. The molecule has 0 aromatic rings. The first-order valence-electron chi connectivity index (χ1n) is 25.9. The number of allylic oxidation sites excluding steroid dienone is 18. The molecule has 0 aromatic carbocycles. The van der Waals surface area contributed by atoms with E-state index in [9.17, 15) is 34.5 Å². The van der Waals surface area contributed by atoms with E-state index in [1.807, 2.05) is 30.4 Å². The zero-order chi connectivity index (χ0) is 50.4. The number of hydrogen-bond donors (Lipinski definition) is 3. The molecule has 1 heterocycles. The topological polar surface area (TPSA) is 175 Å². The van der Waals surface area contributed by atoms with Crippen LogP contribution in [0.5, 0.6) is 0 Å². The van der Waals surface area contributed by atoms with Crippen molar-refractivity contribution >= 4 is 23.9 Å². The second-order valence-corrected chi connectivity index (χ2v) is 17.0. The summed E-state index contributed by atoms with van der Waals surface area (Å²) in [5.74, 6) is -3.37. The number of unbranched alkanes of at least 4 members (excludes halogenated alkanes) is 9. The Hall–Kier alpha value is -4.62. The van der Waals surface area contributed by atoms with E-state index < -0.39 is 67.3 Å². The smallest absolute Gasteiger partial charge is 0.335 e. The van der Waals surface area contributed by atoms with Crippen LogP contribution in [0.3, 0.4) is 0 Å². The molecule has 1 saturated heterocycles. The molecule has 1 rings (SSSR count). The van der Waals surface area contributed by atoms with Crippen molar-refractivity contribution in [3.05, 3.63) is 109 Å². The number of aliphatic carboxylic acids is 1. The number of aliphatic hydroxyl groups is 2. The van der Waals surface area contributed by atoms with E-state index in [1.54, 1.807) is 0 Å². The zero-order valence-electron chi connectivity index (χ0n) is 42.3. The van der Waals surface area contributed by atoms with Gasteiger partial charge in [-0.1, -0.05) is 169 Å². The zero-order valence-corrected chi connectivity index (χ0v) is 42.3. The van der Waals surface area contributed by atoms with Gasteiger partial charge in [0.05, 0.1) is 6.61 Å². The average molecular weight is 965 g/mol. The fourth-order valence-electron chi connectivity index (χ4n) is 6.92. The number of aliphatic hydroxyl groups excluding tert-OH is 2. The van der Waals surface area contributed by atoms with Gasteiger partial charge in [-0.25, -0.2) is 4.79 Å². The van der Waals surface area contributed by atoms with Crippen LogP contribution in [0.25, 0.3) is 0 Å². The molecule has 0 aliphatic carbocycles. The van der Waals surface area contributed by atoms with Crippen molar-refractivity contribution in [2.24, 2.45) is 0 Å². The van der Waals surface area contributed by atoms with Crippen molar-refractivity contribution < 1.29 is 58.2 Å². The van der Waals surface area contributed by atoms with Crippen LogP contribution in [0.15, 0.2) is 109 Å². The first-order chi connectivity index (χ1) is 33.6. The molecule has 0 amide bonds. The maximum Gasteiger partial charge on any atom is 0.335 e. The highest BCUT2D eigenvalue weighted by molar-refractivity contribution is 5.74. The highest BCUT2D eigenvalue weighted by atomic mass is 16.7. The van der Waals surface area contributed by atoms with Gasteiger partial charge in [0, 0.05) is 19.3 Å². The summed E-state index contributed by atoms with van der Waals surface area (Å²) in [5, 5.41) is 31.3. The lowest BCUT2D eigenvalue weighted by Gasteiger charge is -2.40. The minimum atomic E-state index is -1.94. The largest absolute Gasteiger partial charge is 0.479 e. The average Bonchev–Trinajstić information content (AvgIpc) is 3.33. The van der Waals surface area contributed by atoms with E-state index in [4.69, 9.17) is 23.7 Å². The quantitative estimate of drug-likeness (QED) is 0.0229. The normalized spacial score (nSPS) is 19.6. The molecule has 1 aliphatic rings. The fraction of sp³-hybridized carbons (Fsp3) is 0.614. The SMILES string of the molecule is CC/C=C\C/C=C\C/C=C\C/C=C\CCC(=O)OCC(COC1OC(C(=O)O)C(O)C(O)C1OC(=O)CC/C=C\C/C=C\C/C=C\C/C=C\CC)OC(=O)CCCCCCC/C=C\CCCCCC. The van der Waals surface area contributed by atoms with E-state index in [0.29, 0.717) is 25.7 Å². The summed E-state index contributed by atoms with van der Waals surface area (Å²) in [4.78, 5) is 50.7. The van der Waals surface area contributed by atoms with E-state index >= 15 is 0 Å². The molecular weight excluding hydrogens is 877 g/mol. The van der Waals surface area contributed by atoms with Gasteiger partial charge in [0.2, 0.25) is 0 Å². The maximum absolute atomic E-state index is 13.1. The van der Waals surface area contributed by atoms with Gasteiger partial charge in [-0.05, 0) is 96.3 Å². The lowest BCUT2D eigenvalue weighted by molar-refractivity contribution is -0.301. The molecule has 388 valence electrons. The number of carboxylic acids is 1. The van der Waals surface area contributed by atoms with Crippen LogP contribution in [-0.2, 0) is 42.9 Å². The summed E-state index contributed by atoms with van der Waals surface area (Å²) in [5.41, 5.74) is 0. The van der Waals surface area contributed by atoms with Gasteiger partial charge in [-0.3, -0.25) is 14.4 Å². The van der Waals surface area contributed by atoms with Crippen molar-refractivity contribution in [1.82, 2.24) is 0 Å². The summed E-state index contributed by atoms with van der Waals surface area (Å²) < 4.78 is 28.1. The molecule has 0 bridgehead atoms. The number of carbonyl (C=O) groups is 4. The van der Waals surface area contributed by atoms with E-state index in [-0.39, 0.29) is 25.9 Å². The molecule has 0 spiro atoms. The lowest BCUT2D eigenvalue weighted by Crippen LogP contribution is -2.61. The van der Waals surface area contributed by atoms with Gasteiger partial charge in [-0.15, -0.1) is 0 Å². The summed E-state index contributed by atoms with van der Waals surface area (Å²) in [6, 6.07) is 0. The van der Waals surface area contributed by atoms with Crippen molar-refractivity contribution in [2.75, 3.05) is 13.2 Å². The van der Waals surface area contributed by atoms with E-state index in [1.165, 1.54) is 25.7 Å². The molecule has 12 nitrogen and oxygen atoms in total. The Morgan fingerprint density at radius 2 is 0.942 bits per heavy atom. The number of rotatable bonds is 41. The van der Waals surface area contributed by atoms with Crippen LogP contribution in [-0.4, -0.2) is 89.2 Å². The van der Waals surface area contributed by atoms with Gasteiger partial charge < -0.3 is 39.0 Å². The molecular formula is C57H88O12. The van der Waals surface area contributed by atoms with Crippen LogP contribution < -0.4 is 0 Å². The predicted molar refractivity (Wildman–Crippen MR) is 275 cm³/mol. The molecule has 12 heteroatoms. The standard InChI is InChI=1S/C57H88O12/c1-4-7-10-13-16-19-22-25-28-31-34-37-40-43-49(58)65-46-48(67-50(59)44-41-38-35-32-29-26-23-20-17-14-11-8-5-2)47-66-57-55(53(62)52(61)54(69-57)56(63)64)68-51(60)45-42-39-36-33-30-27-24-21-18-15-12-9-6-3/h7,9-10,12,16,18-21,23,25,27-28,30,34,36-37,39,48,52-55,57,61-62H,4-6,8,11,13-15,17,22,24,26,29,31-33,35,38,40-47H2,1-3H3,(H,63,64)/b10-7-,12-9-,19-16-,21-18-,23-20-,28-25-,30-27-,37-34-,39-36-. The van der Waals surface area contributed by atoms with Gasteiger partial charge in [0.25, 0.3) is 0 Å². The van der Waals surface area contributed by atoms with Crippen LogP contribution in [0, 0.1) is 0 Å². The Morgan fingerprint density at radius 3 is 1.45 bits per heavy atom. The predicted octanol–water partition coefficient (Wildman–Crippen LogP) is 12.3. The van der Waals surface area contributed by atoms with Crippen LogP contribution in [0.2, 0.25) is 0 Å². The summed E-state index contributed by atoms with van der Waals surface area (Å²) in [6.45, 7) is 5.59. The summed E-state index contributed by atoms with van der Waals surface area (Å²) in [6.07, 6.45) is 46.8. The fourth-order valence-corrected chi connectivity index (χ4v) is 6.92. The Kier molecular flexibility index (Phi) is 40.3. The highest BCUT2D eigenvalue weighted by Crippen LogP contribution is 2.26. The van der Waals surface area contributed by atoms with Crippen LogP contribution >= 0.6 is 0 Å². The first-order valence-corrected chi connectivity index (χ1v) is 25.9. The van der Waals surface area contributed by atoms with Crippen molar-refractivity contribution in [3.8, 4) is 0 Å². The molecule has 3 N–H and O–H groups in total. The number of ether oxygens (including phenoxy) is 5. The number of carboxylic acid groups (broad SMARTS) is 1. The Balaban J connectivity index is 2.84. The summed E-state index contributed by atoms with van der Waals surface area (Å²) in [7, 11) is 0. The minimum Gasteiger partial charge on any atom is -0.479 e.